The number of nitrogens with one attached hydrogen (secondary N) is 2. The molecule has 0 fully saturated rings. The van der Waals surface area contributed by atoms with Gasteiger partial charge in [-0.25, -0.2) is 0 Å². The summed E-state index contributed by atoms with van der Waals surface area (Å²) < 4.78 is 0. The van der Waals surface area contributed by atoms with E-state index in [4.69, 9.17) is 12.2 Å². The highest BCUT2D eigenvalue weighted by atomic mass is 16.1. The van der Waals surface area contributed by atoms with E-state index >= 15 is 0 Å². The molecule has 1 aromatic carbocycles. The molecule has 0 spiro atoms. The van der Waals surface area contributed by atoms with E-state index in [0.29, 0.717) is 11.4 Å². The molecule has 1 unspecified atom stereocenters. The van der Waals surface area contributed by atoms with Crippen molar-refractivity contribution in [3.8, 4) is 12.3 Å². The highest BCUT2D eigenvalue weighted by Crippen LogP contribution is 2.18. The molecule has 1 atom stereocenters. The van der Waals surface area contributed by atoms with Crippen LogP contribution in [0, 0.1) is 12.3 Å². The quantitative estimate of drug-likeness (QED) is 0.579. The Morgan fingerprint density at radius 3 is 3.00 bits per heavy atom. The Labute approximate surface area is 112 Å². The monoisotopic (exact) mass is 255 g/mol. The fourth-order valence-electron chi connectivity index (χ4n) is 2.00. The largest absolute Gasteiger partial charge is 0.399 e. The lowest BCUT2D eigenvalue weighted by Crippen LogP contribution is -2.33. The Balaban J connectivity index is 2.20. The molecule has 2 aromatic rings. The number of terminal acetylenes is 1. The number of rotatable bonds is 4. The number of aromatic nitrogens is 1. The number of nitrogens with two attached hydrogens (primary N) is 1. The number of H-pyrrole nitrogens is 1. The second kappa shape index (κ2) is 5.49. The van der Waals surface area contributed by atoms with Crippen LogP contribution >= 0.6 is 0 Å². The van der Waals surface area contributed by atoms with Gasteiger partial charge in [-0.2, -0.15) is 0 Å². The number of hydrogen-bond donors (Lipinski definition) is 3. The maximum atomic E-state index is 12.1. The van der Waals surface area contributed by atoms with Crippen LogP contribution in [0.4, 0.5) is 5.69 Å². The van der Waals surface area contributed by atoms with Crippen molar-refractivity contribution < 1.29 is 4.79 Å². The molecule has 4 heteroatoms. The molecule has 0 aliphatic heterocycles. The van der Waals surface area contributed by atoms with Gasteiger partial charge in [-0.05, 0) is 30.7 Å². The normalized spacial score (nSPS) is 12.0. The van der Waals surface area contributed by atoms with Crippen LogP contribution in [0.5, 0.6) is 0 Å². The van der Waals surface area contributed by atoms with Gasteiger partial charge in [-0.15, -0.1) is 6.42 Å². The SMILES string of the molecule is C#CC(CCC)NC(=O)c1cc2cc(N)ccc2[nH]1. The van der Waals surface area contributed by atoms with Crippen molar-refractivity contribution in [3.05, 3.63) is 30.0 Å². The van der Waals surface area contributed by atoms with Crippen LogP contribution in [0.2, 0.25) is 0 Å². The maximum absolute atomic E-state index is 12.1. The smallest absolute Gasteiger partial charge is 0.268 e. The third-order valence-corrected chi connectivity index (χ3v) is 2.97. The molecule has 4 nitrogen and oxygen atoms in total. The molecular formula is C15H17N3O. The van der Waals surface area contributed by atoms with Gasteiger partial charge in [-0.3, -0.25) is 4.79 Å². The molecule has 0 saturated heterocycles. The first-order valence-electron chi connectivity index (χ1n) is 6.29. The Morgan fingerprint density at radius 1 is 1.53 bits per heavy atom. The molecule has 4 N–H and O–H groups in total. The average Bonchev–Trinajstić information content (AvgIpc) is 2.81. The van der Waals surface area contributed by atoms with E-state index in [1.54, 1.807) is 12.1 Å². The second-order valence-electron chi connectivity index (χ2n) is 4.51. The van der Waals surface area contributed by atoms with Crippen LogP contribution in [-0.2, 0) is 0 Å². The molecule has 0 aliphatic carbocycles. The molecule has 1 aromatic heterocycles. The van der Waals surface area contributed by atoms with Gasteiger partial charge in [0.05, 0.1) is 6.04 Å². The number of anilines is 1. The fourth-order valence-corrected chi connectivity index (χ4v) is 2.00. The number of carbonyl (C=O) groups is 1. The number of fused-ring (bicyclic) bond motifs is 1. The highest BCUT2D eigenvalue weighted by molar-refractivity contribution is 5.98. The van der Waals surface area contributed by atoms with Crippen LogP contribution < -0.4 is 11.1 Å². The van der Waals surface area contributed by atoms with Gasteiger partial charge in [0, 0.05) is 16.6 Å². The third kappa shape index (κ3) is 2.89. The summed E-state index contributed by atoms with van der Waals surface area (Å²) in [6.07, 6.45) is 7.09. The first kappa shape index (κ1) is 13.0. The standard InChI is InChI=1S/C15H17N3O/c1-3-5-12(4-2)17-15(19)14-9-10-8-11(16)6-7-13(10)18-14/h2,6-9,12,18H,3,5,16H2,1H3,(H,17,19). The molecule has 1 amide bonds. The summed E-state index contributed by atoms with van der Waals surface area (Å²) in [5, 5.41) is 3.74. The van der Waals surface area contributed by atoms with Crippen LogP contribution in [-0.4, -0.2) is 16.9 Å². The van der Waals surface area contributed by atoms with Crippen molar-refractivity contribution in [3.63, 3.8) is 0 Å². The van der Waals surface area contributed by atoms with E-state index in [-0.39, 0.29) is 11.9 Å². The lowest BCUT2D eigenvalue weighted by Gasteiger charge is -2.10. The maximum Gasteiger partial charge on any atom is 0.268 e. The van der Waals surface area contributed by atoms with Crippen molar-refractivity contribution >= 4 is 22.5 Å². The summed E-state index contributed by atoms with van der Waals surface area (Å²) in [4.78, 5) is 15.1. The molecule has 0 saturated carbocycles. The summed E-state index contributed by atoms with van der Waals surface area (Å²) in [6.45, 7) is 2.03. The first-order chi connectivity index (χ1) is 9.13. The molecule has 0 bridgehead atoms. The van der Waals surface area contributed by atoms with Crippen molar-refractivity contribution in [1.29, 1.82) is 0 Å². The van der Waals surface area contributed by atoms with Gasteiger partial charge >= 0.3 is 0 Å². The molecule has 2 rings (SSSR count). The van der Waals surface area contributed by atoms with Crippen molar-refractivity contribution in [2.24, 2.45) is 0 Å². The van der Waals surface area contributed by atoms with Crippen molar-refractivity contribution in [2.45, 2.75) is 25.8 Å². The molecule has 0 aliphatic rings. The number of nitrogen functional groups attached to an aromatic ring is 1. The summed E-state index contributed by atoms with van der Waals surface area (Å²) >= 11 is 0. The molecule has 98 valence electrons. The minimum Gasteiger partial charge on any atom is -0.399 e. The lowest BCUT2D eigenvalue weighted by atomic mass is 10.2. The fraction of sp³-hybridized carbons (Fsp3) is 0.267. The zero-order valence-electron chi connectivity index (χ0n) is 10.9. The Bertz CT molecular complexity index is 636. The summed E-state index contributed by atoms with van der Waals surface area (Å²) in [7, 11) is 0. The van der Waals surface area contributed by atoms with E-state index in [2.05, 4.69) is 16.2 Å². The van der Waals surface area contributed by atoms with Gasteiger partial charge in [-0.1, -0.05) is 19.3 Å². The molecule has 1 heterocycles. The van der Waals surface area contributed by atoms with E-state index in [0.717, 1.165) is 23.7 Å². The van der Waals surface area contributed by atoms with Crippen molar-refractivity contribution in [2.75, 3.05) is 5.73 Å². The van der Waals surface area contributed by atoms with Crippen LogP contribution in [0.25, 0.3) is 10.9 Å². The summed E-state index contributed by atoms with van der Waals surface area (Å²) in [6, 6.07) is 7.02. The zero-order valence-corrected chi connectivity index (χ0v) is 10.9. The van der Waals surface area contributed by atoms with Gasteiger partial charge in [0.1, 0.15) is 5.69 Å². The number of aromatic amines is 1. The molecular weight excluding hydrogens is 238 g/mol. The predicted octanol–water partition coefficient (Wildman–Crippen LogP) is 2.28. The second-order valence-corrected chi connectivity index (χ2v) is 4.51. The predicted molar refractivity (Wildman–Crippen MR) is 77.7 cm³/mol. The third-order valence-electron chi connectivity index (χ3n) is 2.97. The Morgan fingerprint density at radius 2 is 2.32 bits per heavy atom. The molecule has 19 heavy (non-hydrogen) atoms. The topological polar surface area (TPSA) is 70.9 Å². The number of benzene rings is 1. The molecule has 0 radical (unpaired) electrons. The van der Waals surface area contributed by atoms with Crippen molar-refractivity contribution in [1.82, 2.24) is 10.3 Å². The highest BCUT2D eigenvalue weighted by Gasteiger charge is 2.13. The minimum atomic E-state index is -0.228. The number of amides is 1. The van der Waals surface area contributed by atoms with Crippen LogP contribution in [0.1, 0.15) is 30.3 Å². The Kier molecular flexibility index (Phi) is 3.76. The van der Waals surface area contributed by atoms with Gasteiger partial charge in [0.2, 0.25) is 0 Å². The van der Waals surface area contributed by atoms with E-state index in [1.165, 1.54) is 0 Å². The zero-order chi connectivity index (χ0) is 13.8. The van der Waals surface area contributed by atoms with Crippen LogP contribution in [0.3, 0.4) is 0 Å². The number of hydrogen-bond acceptors (Lipinski definition) is 2. The summed E-state index contributed by atoms with van der Waals surface area (Å²) in [5.74, 6) is 2.39. The van der Waals surface area contributed by atoms with E-state index < -0.39 is 0 Å². The average molecular weight is 255 g/mol. The van der Waals surface area contributed by atoms with E-state index in [9.17, 15) is 4.79 Å². The van der Waals surface area contributed by atoms with Crippen LogP contribution in [0.15, 0.2) is 24.3 Å². The number of carbonyl (C=O) groups excluding carboxylic acids is 1. The van der Waals surface area contributed by atoms with Gasteiger partial charge in [0.25, 0.3) is 5.91 Å². The van der Waals surface area contributed by atoms with E-state index in [1.807, 2.05) is 19.1 Å². The Hall–Kier alpha value is -2.41. The minimum absolute atomic E-state index is 0.189. The first-order valence-corrected chi connectivity index (χ1v) is 6.29. The lowest BCUT2D eigenvalue weighted by molar-refractivity contribution is 0.0940. The van der Waals surface area contributed by atoms with Gasteiger partial charge in [0.15, 0.2) is 0 Å². The summed E-state index contributed by atoms with van der Waals surface area (Å²) in [5.41, 5.74) is 7.76. The van der Waals surface area contributed by atoms with Gasteiger partial charge < -0.3 is 16.0 Å².